The zero-order chi connectivity index (χ0) is 55.3. The molecule has 1 heterocycles. The molecule has 51 heavy (non-hydrogen) atoms. The Labute approximate surface area is 331 Å². The summed E-state index contributed by atoms with van der Waals surface area (Å²) in [5.74, 6) is 0. The third kappa shape index (κ3) is 4.41. The van der Waals surface area contributed by atoms with Crippen LogP contribution in [0.3, 0.4) is 0 Å². The third-order valence-electron chi connectivity index (χ3n) is 9.32. The van der Waals surface area contributed by atoms with Gasteiger partial charge in [0.2, 0.25) is 0 Å². The molecular weight excluding hydrogens is 617 g/mol. The van der Waals surface area contributed by atoms with E-state index >= 15 is 0 Å². The molecule has 9 aromatic carbocycles. The van der Waals surface area contributed by atoms with E-state index in [-0.39, 0.29) is 60.3 Å². The van der Waals surface area contributed by atoms with Crippen LogP contribution in [-0.2, 0) is 0 Å². The van der Waals surface area contributed by atoms with Gasteiger partial charge in [-0.15, -0.1) is 0 Å². The molecule has 1 aromatic heterocycles. The van der Waals surface area contributed by atoms with Gasteiger partial charge in [-0.05, 0) is 145 Å². The van der Waals surface area contributed by atoms with Crippen LogP contribution in [0, 0.1) is 27.7 Å². The van der Waals surface area contributed by atoms with Crippen molar-refractivity contribution < 1.29 is 37.3 Å². The first kappa shape index (κ1) is 14.2. The summed E-state index contributed by atoms with van der Waals surface area (Å²) in [6.07, 6.45) is 0. The molecule has 10 aromatic rings. The minimum Gasteiger partial charge on any atom is -0.456 e. The molecule has 1 nitrogen and oxygen atoms in total. The first-order chi connectivity index (χ1) is 35.0. The van der Waals surface area contributed by atoms with Crippen LogP contribution < -0.4 is 0 Å². The monoisotopic (exact) mass is 676 g/mol. The average molecular weight is 677 g/mol. The molecule has 1 heteroatoms. The fourth-order valence-corrected chi connectivity index (χ4v) is 6.85. The second-order valence-corrected chi connectivity index (χ2v) is 12.3. The Kier molecular flexibility index (Phi) is 3.11. The van der Waals surface area contributed by atoms with Gasteiger partial charge < -0.3 is 4.42 Å². The Hall–Kier alpha value is -6.18. The van der Waals surface area contributed by atoms with Gasteiger partial charge in [0.05, 0.1) is 32.9 Å². The van der Waals surface area contributed by atoms with Crippen molar-refractivity contribution in [1.29, 1.82) is 0 Å². The Morgan fingerprint density at radius 3 is 1.75 bits per heavy atom. The van der Waals surface area contributed by atoms with E-state index in [4.69, 9.17) is 19.5 Å². The molecule has 0 N–H and O–H groups in total. The van der Waals surface area contributed by atoms with Gasteiger partial charge in [-0.3, -0.25) is 0 Å². The summed E-state index contributed by atoms with van der Waals surface area (Å²) in [5.41, 5.74) is -3.46. The number of furan rings is 1. The van der Waals surface area contributed by atoms with Crippen molar-refractivity contribution in [3.63, 3.8) is 0 Å². The first-order valence-electron chi connectivity index (χ1n) is 27.9. The van der Waals surface area contributed by atoms with Gasteiger partial charge in [0, 0.05) is 10.8 Å². The van der Waals surface area contributed by atoms with Crippen molar-refractivity contribution in [2.24, 2.45) is 0 Å². The maximum atomic E-state index is 9.99. The molecule has 10 rings (SSSR count). The summed E-state index contributed by atoms with van der Waals surface area (Å²) in [4.78, 5) is 0. The molecule has 0 saturated heterocycles. The molecule has 0 radical (unpaired) electrons. The Morgan fingerprint density at radius 2 is 0.941 bits per heavy atom. The van der Waals surface area contributed by atoms with Crippen LogP contribution in [0.4, 0.5) is 0 Å². The van der Waals surface area contributed by atoms with Crippen LogP contribution in [0.15, 0.2) is 149 Å². The molecule has 0 unspecified atom stereocenters. The number of rotatable bonds is 3. The molecule has 0 aliphatic rings. The van der Waals surface area contributed by atoms with E-state index in [1.807, 2.05) is 0 Å². The molecule has 0 spiro atoms. The van der Waals surface area contributed by atoms with Crippen molar-refractivity contribution in [3.8, 4) is 33.4 Å². The van der Waals surface area contributed by atoms with Crippen LogP contribution in [0.2, 0.25) is 0 Å². The van der Waals surface area contributed by atoms with E-state index in [1.165, 1.54) is 27.7 Å². The predicted octanol–water partition coefficient (Wildman–Crippen LogP) is 14.4. The Morgan fingerprint density at radius 1 is 0.353 bits per heavy atom. The largest absolute Gasteiger partial charge is 0.456 e. The maximum absolute atomic E-state index is 9.99. The first-order valence-corrected chi connectivity index (χ1v) is 15.9. The molecular formula is C50H36O. The van der Waals surface area contributed by atoms with Crippen molar-refractivity contribution in [2.75, 3.05) is 0 Å². The SMILES string of the molecule is [2H]c1c([2H])c([2H])c(-c2c([2H])c([2H])c(-c3c4c([2H])c(C)c(C)c([2H])c4c(-c4c([2H])c([2H])c([2H])c5oc6c([2H])c7c([2H])c([2H])c([2H])c([2H])c7c([2H])c6c45)c4c(C)c([2H])c([2H])c([2H])c34)c3c([2H])c([2H])c([2H])c([2H])c23)c(C)c1[2H]. The topological polar surface area (TPSA) is 13.1 Å². The maximum Gasteiger partial charge on any atom is 0.136 e. The zero-order valence-electron chi connectivity index (χ0n) is 51.4. The van der Waals surface area contributed by atoms with E-state index in [0.29, 0.717) is 0 Å². The van der Waals surface area contributed by atoms with Crippen LogP contribution in [0.5, 0.6) is 0 Å². The minimum absolute atomic E-state index is 0.127. The summed E-state index contributed by atoms with van der Waals surface area (Å²) in [5, 5.41) is -3.86. The van der Waals surface area contributed by atoms with E-state index in [1.54, 1.807) is 0 Å². The predicted molar refractivity (Wildman–Crippen MR) is 219 cm³/mol. The highest BCUT2D eigenvalue weighted by molar-refractivity contribution is 6.28. The Balaban J connectivity index is 1.58. The molecule has 0 amide bonds. The number of aryl methyl sites for hydroxylation is 1. The number of fused-ring (bicyclic) bond motifs is 7. The lowest BCUT2D eigenvalue weighted by Gasteiger charge is -2.22. The smallest absolute Gasteiger partial charge is 0.136 e. The highest BCUT2D eigenvalue weighted by atomic mass is 16.3. The van der Waals surface area contributed by atoms with Crippen molar-refractivity contribution in [1.82, 2.24) is 0 Å². The zero-order valence-corrected chi connectivity index (χ0v) is 27.4. The number of hydrogen-bond donors (Lipinski definition) is 0. The fourth-order valence-electron chi connectivity index (χ4n) is 6.85. The average Bonchev–Trinajstić information content (AvgIpc) is 3.79. The highest BCUT2D eigenvalue weighted by Crippen LogP contribution is 2.50. The second-order valence-electron chi connectivity index (χ2n) is 12.3. The van der Waals surface area contributed by atoms with Gasteiger partial charge in [0.15, 0.2) is 0 Å². The van der Waals surface area contributed by atoms with E-state index in [0.717, 1.165) is 0 Å². The van der Waals surface area contributed by atoms with Crippen LogP contribution in [-0.4, -0.2) is 0 Å². The van der Waals surface area contributed by atoms with Gasteiger partial charge in [-0.25, -0.2) is 0 Å². The summed E-state index contributed by atoms with van der Waals surface area (Å²) in [6, 6.07) is -16.9. The second kappa shape index (κ2) is 11.2. The van der Waals surface area contributed by atoms with Crippen molar-refractivity contribution in [3.05, 3.63) is 167 Å². The lowest BCUT2D eigenvalue weighted by molar-refractivity contribution is 0.669. The summed E-state index contributed by atoms with van der Waals surface area (Å²) in [7, 11) is 0. The van der Waals surface area contributed by atoms with Gasteiger partial charge in [0.1, 0.15) is 11.2 Å². The lowest BCUT2D eigenvalue weighted by Crippen LogP contribution is -1.96. The lowest BCUT2D eigenvalue weighted by atomic mass is 9.81. The minimum atomic E-state index is -0.853. The quantitative estimate of drug-likeness (QED) is 0.170. The molecule has 242 valence electrons. The summed E-state index contributed by atoms with van der Waals surface area (Å²) in [6.45, 7) is 5.67. The van der Waals surface area contributed by atoms with Gasteiger partial charge in [-0.2, -0.15) is 0 Å². The van der Waals surface area contributed by atoms with Crippen molar-refractivity contribution >= 4 is 65.0 Å². The fraction of sp³-hybridized carbons (Fsp3) is 0.0800. The molecule has 0 bridgehead atoms. The number of hydrogen-bond acceptors (Lipinski definition) is 1. The number of benzene rings is 9. The molecule has 0 atom stereocenters. The summed E-state index contributed by atoms with van der Waals surface area (Å²) >= 11 is 0. The van der Waals surface area contributed by atoms with Gasteiger partial charge >= 0.3 is 0 Å². The Bertz CT molecular complexity index is 4330. The third-order valence-corrected chi connectivity index (χ3v) is 9.32. The molecule has 0 fully saturated rings. The van der Waals surface area contributed by atoms with Crippen molar-refractivity contribution in [2.45, 2.75) is 27.7 Å². The molecule has 0 saturated carbocycles. The normalized spacial score (nSPS) is 18.5. The van der Waals surface area contributed by atoms with Gasteiger partial charge in [-0.1, -0.05) is 127 Å². The van der Waals surface area contributed by atoms with Crippen LogP contribution >= 0.6 is 0 Å². The van der Waals surface area contributed by atoms with Crippen LogP contribution in [0.1, 0.15) is 55.2 Å². The van der Waals surface area contributed by atoms with Crippen LogP contribution in [0.25, 0.3) is 98.4 Å². The van der Waals surface area contributed by atoms with Gasteiger partial charge in [0.25, 0.3) is 0 Å². The van der Waals surface area contributed by atoms with E-state index in [2.05, 4.69) is 0 Å². The molecule has 0 aliphatic carbocycles. The van der Waals surface area contributed by atoms with E-state index < -0.39 is 205 Å². The molecule has 0 aliphatic heterocycles. The van der Waals surface area contributed by atoms with E-state index in [9.17, 15) is 17.8 Å². The summed E-state index contributed by atoms with van der Waals surface area (Å²) < 4.78 is 227. The standard InChI is InChI=1S/C50H36O/c1-29-13-5-8-17-35(29)38-23-24-39(37-19-10-9-18-36(37)38)48-40-20-11-14-30(2)47(40)50(43-26-32(4)31(3)25-42(43)48)41-21-12-22-45-49(41)44-27-33-15-6-7-16-34(33)28-46(44)51-45/h5-28H,1-4H3/i5D,6D,7D,8D,9D,10D,11D,12D,13D,14D,15D,16D,17D,18D,19D,20D,21D,22D,23D,24D,25D,26D,27D,28D. The highest BCUT2D eigenvalue weighted by Gasteiger charge is 2.23.